The molecule has 0 aliphatic heterocycles. The first kappa shape index (κ1) is 9.34. The molecule has 0 bridgehead atoms. The molecule has 3 heteroatoms. The zero-order chi connectivity index (χ0) is 10.1. The molecule has 0 heterocycles. The van der Waals surface area contributed by atoms with E-state index in [2.05, 4.69) is 5.32 Å². The van der Waals surface area contributed by atoms with Crippen LogP contribution in [0, 0.1) is 6.92 Å². The second-order valence-corrected chi connectivity index (χ2v) is 4.00. The van der Waals surface area contributed by atoms with Crippen LogP contribution < -0.4 is 11.1 Å². The number of hydrogen-bond donors (Lipinski definition) is 3. The Bertz CT molecular complexity index is 332. The lowest BCUT2D eigenvalue weighted by molar-refractivity contribution is 0.0837. The Kier molecular flexibility index (Phi) is 2.33. The van der Waals surface area contributed by atoms with Gasteiger partial charge in [0.2, 0.25) is 0 Å². The molecule has 0 unspecified atom stereocenters. The van der Waals surface area contributed by atoms with E-state index in [1.165, 1.54) is 0 Å². The fourth-order valence-corrected chi connectivity index (χ4v) is 1.73. The molecule has 1 aliphatic rings. The maximum absolute atomic E-state index is 9.15. The number of aliphatic hydroxyl groups excluding tert-OH is 1. The third-order valence-electron chi connectivity index (χ3n) is 2.80. The summed E-state index contributed by atoms with van der Waals surface area (Å²) in [4.78, 5) is 0. The quantitative estimate of drug-likeness (QED) is 0.622. The molecular formula is C11H16N2O. The number of aliphatic hydroxyl groups is 1. The number of hydrogen-bond acceptors (Lipinski definition) is 3. The van der Waals surface area contributed by atoms with Crippen molar-refractivity contribution in [3.05, 3.63) is 23.8 Å². The van der Waals surface area contributed by atoms with E-state index in [-0.39, 0.29) is 6.10 Å². The van der Waals surface area contributed by atoms with Crippen LogP contribution in [0.2, 0.25) is 0 Å². The molecule has 1 fully saturated rings. The van der Waals surface area contributed by atoms with Gasteiger partial charge in [0.25, 0.3) is 0 Å². The molecule has 1 aromatic rings. The van der Waals surface area contributed by atoms with Gasteiger partial charge < -0.3 is 16.2 Å². The molecule has 4 N–H and O–H groups in total. The van der Waals surface area contributed by atoms with Gasteiger partial charge in [0.1, 0.15) is 0 Å². The van der Waals surface area contributed by atoms with Gasteiger partial charge in [-0.15, -0.1) is 0 Å². The van der Waals surface area contributed by atoms with E-state index in [0.717, 1.165) is 29.8 Å². The van der Waals surface area contributed by atoms with Crippen molar-refractivity contribution in [1.29, 1.82) is 0 Å². The second-order valence-electron chi connectivity index (χ2n) is 4.00. The van der Waals surface area contributed by atoms with E-state index in [9.17, 15) is 0 Å². The minimum atomic E-state index is -0.126. The Morgan fingerprint density at radius 2 is 2.14 bits per heavy atom. The van der Waals surface area contributed by atoms with Crippen molar-refractivity contribution in [2.75, 3.05) is 11.1 Å². The van der Waals surface area contributed by atoms with Gasteiger partial charge in [-0.2, -0.15) is 0 Å². The van der Waals surface area contributed by atoms with Gasteiger partial charge in [0.15, 0.2) is 0 Å². The summed E-state index contributed by atoms with van der Waals surface area (Å²) in [5.41, 5.74) is 8.81. The highest BCUT2D eigenvalue weighted by Crippen LogP contribution is 2.28. The fraction of sp³-hybridized carbons (Fsp3) is 0.455. The molecule has 0 amide bonds. The van der Waals surface area contributed by atoms with Crippen LogP contribution >= 0.6 is 0 Å². The zero-order valence-corrected chi connectivity index (χ0v) is 8.33. The summed E-state index contributed by atoms with van der Waals surface area (Å²) in [7, 11) is 0. The van der Waals surface area contributed by atoms with E-state index in [1.807, 2.05) is 25.1 Å². The van der Waals surface area contributed by atoms with E-state index in [0.29, 0.717) is 6.04 Å². The van der Waals surface area contributed by atoms with Crippen molar-refractivity contribution < 1.29 is 5.11 Å². The van der Waals surface area contributed by atoms with Crippen LogP contribution in [-0.4, -0.2) is 17.3 Å². The number of para-hydroxylation sites is 1. The molecule has 1 saturated carbocycles. The lowest BCUT2D eigenvalue weighted by Crippen LogP contribution is -2.39. The first-order chi connectivity index (χ1) is 6.66. The average Bonchev–Trinajstić information content (AvgIpc) is 2.10. The van der Waals surface area contributed by atoms with Crippen LogP contribution in [0.4, 0.5) is 11.4 Å². The molecule has 0 atom stereocenters. The minimum absolute atomic E-state index is 0.126. The molecule has 3 nitrogen and oxygen atoms in total. The Balaban J connectivity index is 2.06. The largest absolute Gasteiger partial charge is 0.397 e. The maximum atomic E-state index is 9.15. The van der Waals surface area contributed by atoms with Crippen LogP contribution in [0.3, 0.4) is 0 Å². The molecule has 1 aromatic carbocycles. The predicted octanol–water partition coefficient (Wildman–Crippen LogP) is 1.51. The van der Waals surface area contributed by atoms with Crippen molar-refractivity contribution in [2.45, 2.75) is 31.9 Å². The molecule has 0 radical (unpaired) electrons. The Morgan fingerprint density at radius 3 is 2.79 bits per heavy atom. The monoisotopic (exact) mass is 192 g/mol. The Morgan fingerprint density at radius 1 is 1.43 bits per heavy atom. The van der Waals surface area contributed by atoms with E-state index < -0.39 is 0 Å². The fourth-order valence-electron chi connectivity index (χ4n) is 1.73. The van der Waals surface area contributed by atoms with Crippen LogP contribution in [0.1, 0.15) is 18.4 Å². The highest BCUT2D eigenvalue weighted by molar-refractivity contribution is 5.69. The van der Waals surface area contributed by atoms with Gasteiger partial charge in [0.05, 0.1) is 17.5 Å². The molecule has 1 aliphatic carbocycles. The Hall–Kier alpha value is -1.22. The van der Waals surface area contributed by atoms with Crippen molar-refractivity contribution in [3.8, 4) is 0 Å². The number of rotatable bonds is 2. The Labute approximate surface area is 83.9 Å². The molecule has 2 rings (SSSR count). The lowest BCUT2D eigenvalue weighted by Gasteiger charge is -2.33. The highest BCUT2D eigenvalue weighted by Gasteiger charge is 2.27. The molecule has 0 aromatic heterocycles. The number of aryl methyl sites for hydroxylation is 1. The molecule has 0 saturated heterocycles. The first-order valence-corrected chi connectivity index (χ1v) is 4.96. The predicted molar refractivity (Wildman–Crippen MR) is 58.2 cm³/mol. The van der Waals surface area contributed by atoms with Crippen LogP contribution in [0.5, 0.6) is 0 Å². The van der Waals surface area contributed by atoms with E-state index in [1.54, 1.807) is 0 Å². The lowest BCUT2D eigenvalue weighted by atomic mass is 9.89. The number of anilines is 2. The maximum Gasteiger partial charge on any atom is 0.0579 e. The van der Waals surface area contributed by atoms with Crippen molar-refractivity contribution in [3.63, 3.8) is 0 Å². The van der Waals surface area contributed by atoms with Gasteiger partial charge >= 0.3 is 0 Å². The minimum Gasteiger partial charge on any atom is -0.397 e. The van der Waals surface area contributed by atoms with Crippen LogP contribution in [-0.2, 0) is 0 Å². The van der Waals surface area contributed by atoms with Gasteiger partial charge in [-0.1, -0.05) is 12.1 Å². The third-order valence-corrected chi connectivity index (χ3v) is 2.80. The summed E-state index contributed by atoms with van der Waals surface area (Å²) < 4.78 is 0. The average molecular weight is 192 g/mol. The summed E-state index contributed by atoms with van der Waals surface area (Å²) in [5.74, 6) is 0. The zero-order valence-electron chi connectivity index (χ0n) is 8.33. The number of nitrogens with two attached hydrogens (primary N) is 1. The van der Waals surface area contributed by atoms with Crippen molar-refractivity contribution in [2.24, 2.45) is 0 Å². The summed E-state index contributed by atoms with van der Waals surface area (Å²) in [5, 5.41) is 12.5. The van der Waals surface area contributed by atoms with E-state index >= 15 is 0 Å². The molecule has 76 valence electrons. The number of nitrogens with one attached hydrogen (secondary N) is 1. The van der Waals surface area contributed by atoms with Gasteiger partial charge in [-0.05, 0) is 31.4 Å². The van der Waals surface area contributed by atoms with Gasteiger partial charge in [-0.3, -0.25) is 0 Å². The van der Waals surface area contributed by atoms with Crippen molar-refractivity contribution in [1.82, 2.24) is 0 Å². The topological polar surface area (TPSA) is 58.3 Å². The summed E-state index contributed by atoms with van der Waals surface area (Å²) >= 11 is 0. The summed E-state index contributed by atoms with van der Waals surface area (Å²) in [6.07, 6.45) is 1.53. The summed E-state index contributed by atoms with van der Waals surface area (Å²) in [6.45, 7) is 2.00. The smallest absolute Gasteiger partial charge is 0.0579 e. The standard InChI is InChI=1S/C11H16N2O/c1-7-3-2-4-10(11(7)12)13-8-5-9(14)6-8/h2-4,8-9,13-14H,5-6,12H2,1H3. The van der Waals surface area contributed by atoms with E-state index in [4.69, 9.17) is 10.8 Å². The second kappa shape index (κ2) is 3.50. The molecule has 0 spiro atoms. The molecular weight excluding hydrogens is 176 g/mol. The van der Waals surface area contributed by atoms with Gasteiger partial charge in [-0.25, -0.2) is 0 Å². The van der Waals surface area contributed by atoms with Gasteiger partial charge in [0, 0.05) is 6.04 Å². The number of benzene rings is 1. The first-order valence-electron chi connectivity index (χ1n) is 4.96. The SMILES string of the molecule is Cc1cccc(NC2CC(O)C2)c1N. The normalized spacial score (nSPS) is 25.6. The number of nitrogen functional groups attached to an aromatic ring is 1. The van der Waals surface area contributed by atoms with Crippen LogP contribution in [0.25, 0.3) is 0 Å². The summed E-state index contributed by atoms with van der Waals surface area (Å²) in [6, 6.07) is 6.35. The van der Waals surface area contributed by atoms with Crippen molar-refractivity contribution >= 4 is 11.4 Å². The highest BCUT2D eigenvalue weighted by atomic mass is 16.3. The molecule has 14 heavy (non-hydrogen) atoms. The third kappa shape index (κ3) is 1.68. The van der Waals surface area contributed by atoms with Crippen LogP contribution in [0.15, 0.2) is 18.2 Å².